The highest BCUT2D eigenvalue weighted by molar-refractivity contribution is 9.10. The molecule has 19 heavy (non-hydrogen) atoms. The first-order valence-electron chi connectivity index (χ1n) is 5.07. The Hall–Kier alpha value is -1.74. The van der Waals surface area contributed by atoms with Crippen LogP contribution in [0.15, 0.2) is 16.6 Å². The van der Waals surface area contributed by atoms with Gasteiger partial charge in [0.25, 0.3) is 0 Å². The second-order valence-corrected chi connectivity index (χ2v) is 4.43. The Morgan fingerprint density at radius 1 is 1.63 bits per heavy atom. The number of nitrogens with zero attached hydrogens (tertiary/aromatic N) is 1. The molecule has 0 saturated heterocycles. The van der Waals surface area contributed by atoms with Crippen LogP contribution in [0.25, 0.3) is 0 Å². The summed E-state index contributed by atoms with van der Waals surface area (Å²) in [5.41, 5.74) is 4.82. The van der Waals surface area contributed by atoms with Gasteiger partial charge in [0.2, 0.25) is 0 Å². The maximum Gasteiger partial charge on any atom is 0.320 e. The van der Waals surface area contributed by atoms with Gasteiger partial charge in [0.1, 0.15) is 11.9 Å². The zero-order valence-corrected chi connectivity index (χ0v) is 11.1. The van der Waals surface area contributed by atoms with E-state index in [1.165, 1.54) is 0 Å². The number of carboxylic acid groups (broad SMARTS) is 1. The third-order valence-corrected chi connectivity index (χ3v) is 2.81. The number of nitro benzene ring substituents is 1. The Balaban J connectivity index is 2.80. The lowest BCUT2D eigenvalue weighted by Gasteiger charge is -2.09. The number of aliphatic carboxylic acids is 1. The van der Waals surface area contributed by atoms with E-state index in [1.54, 1.807) is 0 Å². The lowest BCUT2D eigenvalue weighted by molar-refractivity contribution is -0.386. The van der Waals surface area contributed by atoms with Crippen LogP contribution in [-0.2, 0) is 4.79 Å². The largest absolute Gasteiger partial charge is 0.487 e. The van der Waals surface area contributed by atoms with Crippen LogP contribution in [0.5, 0.6) is 5.75 Å². The van der Waals surface area contributed by atoms with Gasteiger partial charge in [-0.1, -0.05) is 0 Å². The third kappa shape index (κ3) is 4.14. The Kier molecular flexibility index (Phi) is 5.19. The van der Waals surface area contributed by atoms with Crippen LogP contribution in [0.1, 0.15) is 6.42 Å². The minimum absolute atomic E-state index is 0.0514. The van der Waals surface area contributed by atoms with Crippen molar-refractivity contribution in [2.75, 3.05) is 6.61 Å². The van der Waals surface area contributed by atoms with Crippen molar-refractivity contribution < 1.29 is 24.0 Å². The SMILES string of the molecule is NC(CCOc1cc(F)c(Br)cc1[N+](=O)[O-])C(=O)O. The number of nitro groups is 1. The number of carbonyl (C=O) groups is 1. The number of halogens is 2. The molecule has 1 unspecified atom stereocenters. The maximum atomic E-state index is 13.3. The van der Waals surface area contributed by atoms with Crippen LogP contribution in [0, 0.1) is 15.9 Å². The highest BCUT2D eigenvalue weighted by atomic mass is 79.9. The fraction of sp³-hybridized carbons (Fsp3) is 0.300. The van der Waals surface area contributed by atoms with E-state index >= 15 is 0 Å². The highest BCUT2D eigenvalue weighted by Crippen LogP contribution is 2.32. The van der Waals surface area contributed by atoms with Crippen molar-refractivity contribution in [2.45, 2.75) is 12.5 Å². The summed E-state index contributed by atoms with van der Waals surface area (Å²) in [6, 6.07) is 0.690. The van der Waals surface area contributed by atoms with Crippen molar-refractivity contribution in [3.05, 3.63) is 32.5 Å². The van der Waals surface area contributed by atoms with Gasteiger partial charge in [-0.05, 0) is 15.9 Å². The first-order valence-corrected chi connectivity index (χ1v) is 5.87. The van der Waals surface area contributed by atoms with E-state index in [1.807, 2.05) is 0 Å². The Labute approximate surface area is 115 Å². The Morgan fingerprint density at radius 2 is 2.26 bits per heavy atom. The molecule has 7 nitrogen and oxygen atoms in total. The molecule has 0 spiro atoms. The van der Waals surface area contributed by atoms with Gasteiger partial charge in [-0.3, -0.25) is 14.9 Å². The van der Waals surface area contributed by atoms with Gasteiger partial charge >= 0.3 is 11.7 Å². The van der Waals surface area contributed by atoms with E-state index in [2.05, 4.69) is 15.9 Å². The third-order valence-electron chi connectivity index (χ3n) is 2.20. The van der Waals surface area contributed by atoms with Gasteiger partial charge in [-0.25, -0.2) is 4.39 Å². The standard InChI is InChI=1S/C10H10BrFN2O5/c11-5-3-8(14(17)18)9(4-6(5)12)19-2-1-7(13)10(15)16/h3-4,7H,1-2,13H2,(H,15,16). The lowest BCUT2D eigenvalue weighted by Crippen LogP contribution is -2.31. The molecule has 9 heteroatoms. The Morgan fingerprint density at radius 3 is 2.79 bits per heavy atom. The molecular formula is C10H10BrFN2O5. The number of hydrogen-bond donors (Lipinski definition) is 2. The molecule has 0 heterocycles. The summed E-state index contributed by atoms with van der Waals surface area (Å²) in [6.07, 6.45) is -0.0514. The number of nitrogens with two attached hydrogens (primary N) is 1. The average molecular weight is 337 g/mol. The van der Waals surface area contributed by atoms with Crippen molar-refractivity contribution in [2.24, 2.45) is 5.73 Å². The Bertz CT molecular complexity index is 511. The van der Waals surface area contributed by atoms with Crippen LogP contribution in [-0.4, -0.2) is 28.6 Å². The van der Waals surface area contributed by atoms with Crippen molar-refractivity contribution in [1.82, 2.24) is 0 Å². The molecule has 0 radical (unpaired) electrons. The molecule has 1 rings (SSSR count). The molecule has 3 N–H and O–H groups in total. The van der Waals surface area contributed by atoms with Gasteiger partial charge in [0.15, 0.2) is 5.75 Å². The summed E-state index contributed by atoms with van der Waals surface area (Å²) in [4.78, 5) is 20.5. The van der Waals surface area contributed by atoms with Gasteiger partial charge in [-0.2, -0.15) is 0 Å². The predicted octanol–water partition coefficient (Wildman–Crippen LogP) is 1.68. The smallest absolute Gasteiger partial charge is 0.320 e. The van der Waals surface area contributed by atoms with Crippen LogP contribution in [0.2, 0.25) is 0 Å². The monoisotopic (exact) mass is 336 g/mol. The van der Waals surface area contributed by atoms with Gasteiger partial charge in [-0.15, -0.1) is 0 Å². The molecular weight excluding hydrogens is 327 g/mol. The van der Waals surface area contributed by atoms with Gasteiger partial charge in [0.05, 0.1) is 16.0 Å². The topological polar surface area (TPSA) is 116 Å². The van der Waals surface area contributed by atoms with Crippen molar-refractivity contribution in [3.8, 4) is 5.75 Å². The normalized spacial score (nSPS) is 11.9. The number of hydrogen-bond acceptors (Lipinski definition) is 5. The van der Waals surface area contributed by atoms with E-state index in [4.69, 9.17) is 15.6 Å². The molecule has 0 aliphatic carbocycles. The first-order chi connectivity index (χ1) is 8.82. The summed E-state index contributed by atoms with van der Waals surface area (Å²) in [5, 5.41) is 19.3. The quantitative estimate of drug-likeness (QED) is 0.603. The fourth-order valence-electron chi connectivity index (χ4n) is 1.20. The molecule has 0 aliphatic rings. The van der Waals surface area contributed by atoms with E-state index in [0.717, 1.165) is 12.1 Å². The first kappa shape index (κ1) is 15.3. The summed E-state index contributed by atoms with van der Waals surface area (Å²) < 4.78 is 18.2. The molecule has 0 saturated carbocycles. The maximum absolute atomic E-state index is 13.3. The van der Waals surface area contributed by atoms with E-state index in [0.29, 0.717) is 0 Å². The van der Waals surface area contributed by atoms with Gasteiger partial charge < -0.3 is 15.6 Å². The van der Waals surface area contributed by atoms with Crippen LogP contribution >= 0.6 is 15.9 Å². The van der Waals surface area contributed by atoms with Gasteiger partial charge in [0, 0.05) is 18.6 Å². The van der Waals surface area contributed by atoms with Crippen LogP contribution in [0.4, 0.5) is 10.1 Å². The fourth-order valence-corrected chi connectivity index (χ4v) is 1.53. The van der Waals surface area contributed by atoms with E-state index in [-0.39, 0.29) is 23.2 Å². The minimum Gasteiger partial charge on any atom is -0.487 e. The molecule has 0 aromatic heterocycles. The van der Waals surface area contributed by atoms with E-state index < -0.39 is 28.4 Å². The molecule has 0 fully saturated rings. The van der Waals surface area contributed by atoms with Crippen LogP contribution in [0.3, 0.4) is 0 Å². The molecule has 0 bridgehead atoms. The predicted molar refractivity (Wildman–Crippen MR) is 66.5 cm³/mol. The molecule has 104 valence electrons. The zero-order valence-electron chi connectivity index (χ0n) is 9.51. The summed E-state index contributed by atoms with van der Waals surface area (Å²) >= 11 is 2.83. The van der Waals surface area contributed by atoms with Crippen molar-refractivity contribution in [3.63, 3.8) is 0 Å². The highest BCUT2D eigenvalue weighted by Gasteiger charge is 2.19. The second kappa shape index (κ2) is 6.43. The number of carboxylic acids is 1. The molecule has 0 amide bonds. The molecule has 1 aromatic carbocycles. The summed E-state index contributed by atoms with van der Waals surface area (Å²) in [7, 11) is 0. The number of ether oxygens (including phenoxy) is 1. The number of rotatable bonds is 6. The lowest BCUT2D eigenvalue weighted by atomic mass is 10.2. The van der Waals surface area contributed by atoms with Crippen molar-refractivity contribution in [1.29, 1.82) is 0 Å². The molecule has 1 aromatic rings. The second-order valence-electron chi connectivity index (χ2n) is 3.57. The summed E-state index contributed by atoms with van der Waals surface area (Å²) in [5.74, 6) is -2.20. The minimum atomic E-state index is -1.21. The van der Waals surface area contributed by atoms with Crippen LogP contribution < -0.4 is 10.5 Å². The number of benzene rings is 1. The van der Waals surface area contributed by atoms with E-state index in [9.17, 15) is 19.3 Å². The molecule has 1 atom stereocenters. The molecule has 0 aliphatic heterocycles. The summed E-state index contributed by atoms with van der Waals surface area (Å²) in [6.45, 7) is -0.171. The van der Waals surface area contributed by atoms with Crippen molar-refractivity contribution >= 4 is 27.6 Å². The average Bonchev–Trinajstić information content (AvgIpc) is 2.32. The zero-order chi connectivity index (χ0) is 14.6.